The molecular weight excluding hydrogens is 306 g/mol. The predicted octanol–water partition coefficient (Wildman–Crippen LogP) is 0.946. The van der Waals surface area contributed by atoms with Crippen LogP contribution >= 0.6 is 0 Å². The van der Waals surface area contributed by atoms with Crippen molar-refractivity contribution in [1.29, 1.82) is 0 Å². The molecule has 0 unspecified atom stereocenters. The van der Waals surface area contributed by atoms with Gasteiger partial charge in [0.1, 0.15) is 5.82 Å². The molecule has 1 fully saturated rings. The van der Waals surface area contributed by atoms with Crippen LogP contribution in [0.25, 0.3) is 0 Å². The van der Waals surface area contributed by atoms with Crippen LogP contribution in [0.3, 0.4) is 0 Å². The van der Waals surface area contributed by atoms with Gasteiger partial charge in [-0.2, -0.15) is 5.10 Å². The maximum Gasteiger partial charge on any atom is 0.238 e. The highest BCUT2D eigenvalue weighted by Crippen LogP contribution is 2.29. The zero-order valence-electron chi connectivity index (χ0n) is 15.8. The van der Waals surface area contributed by atoms with Crippen molar-refractivity contribution < 1.29 is 9.53 Å². The van der Waals surface area contributed by atoms with E-state index >= 15 is 0 Å². The van der Waals surface area contributed by atoms with Crippen LogP contribution in [-0.4, -0.2) is 67.0 Å². The second-order valence-corrected chi connectivity index (χ2v) is 6.90. The maximum absolute atomic E-state index is 12.1. The van der Waals surface area contributed by atoms with Crippen LogP contribution in [0.4, 0.5) is 5.82 Å². The van der Waals surface area contributed by atoms with E-state index in [1.807, 2.05) is 18.7 Å². The van der Waals surface area contributed by atoms with Crippen LogP contribution in [0.2, 0.25) is 0 Å². The summed E-state index contributed by atoms with van der Waals surface area (Å²) < 4.78 is 7.44. The third-order valence-corrected chi connectivity index (χ3v) is 4.40. The van der Waals surface area contributed by atoms with Crippen molar-refractivity contribution >= 4 is 11.7 Å². The van der Waals surface area contributed by atoms with Crippen molar-refractivity contribution in [3.8, 4) is 0 Å². The second kappa shape index (κ2) is 7.98. The molecule has 136 valence electrons. The summed E-state index contributed by atoms with van der Waals surface area (Å²) in [7, 11) is 5.56. The Labute approximate surface area is 144 Å². The summed E-state index contributed by atoms with van der Waals surface area (Å²) >= 11 is 0. The lowest BCUT2D eigenvalue weighted by Gasteiger charge is -2.30. The van der Waals surface area contributed by atoms with Gasteiger partial charge in [0, 0.05) is 46.3 Å². The lowest BCUT2D eigenvalue weighted by atomic mass is 10.0. The molecule has 0 bridgehead atoms. The standard InChI is InChI=1S/C17H31N5O2/c1-12(2)15-14(11-18-13(3)17(23)20(4)5)16(21(6)19-15)22-7-9-24-10-8-22/h12-13,18H,7-11H2,1-6H3/t13-/m1/s1. The van der Waals surface area contributed by atoms with Crippen LogP contribution in [0.1, 0.15) is 37.9 Å². The smallest absolute Gasteiger partial charge is 0.238 e. The third-order valence-electron chi connectivity index (χ3n) is 4.40. The van der Waals surface area contributed by atoms with Gasteiger partial charge in [0.25, 0.3) is 0 Å². The molecule has 1 aromatic heterocycles. The number of hydrogen-bond acceptors (Lipinski definition) is 5. The molecule has 7 nitrogen and oxygen atoms in total. The Morgan fingerprint density at radius 3 is 2.46 bits per heavy atom. The number of likely N-dealkylation sites (N-methyl/N-ethyl adjacent to an activating group) is 1. The predicted molar refractivity (Wildman–Crippen MR) is 95.3 cm³/mol. The zero-order valence-corrected chi connectivity index (χ0v) is 15.8. The lowest BCUT2D eigenvalue weighted by Crippen LogP contribution is -2.42. The molecule has 0 radical (unpaired) electrons. The van der Waals surface area contributed by atoms with Crippen molar-refractivity contribution in [3.05, 3.63) is 11.3 Å². The van der Waals surface area contributed by atoms with E-state index < -0.39 is 0 Å². The first kappa shape index (κ1) is 18.7. The molecule has 0 aromatic carbocycles. The van der Waals surface area contributed by atoms with Crippen molar-refractivity contribution in [2.45, 2.75) is 39.3 Å². The SMILES string of the molecule is CC(C)c1nn(C)c(N2CCOCC2)c1CN[C@H](C)C(=O)N(C)C. The van der Waals surface area contributed by atoms with E-state index in [0.29, 0.717) is 12.5 Å². The number of morpholine rings is 1. The molecule has 7 heteroatoms. The topological polar surface area (TPSA) is 62.6 Å². The molecule has 1 atom stereocenters. The molecule has 0 aliphatic carbocycles. The normalized spacial score (nSPS) is 16.5. The van der Waals surface area contributed by atoms with E-state index in [1.54, 1.807) is 19.0 Å². The minimum atomic E-state index is -0.224. The summed E-state index contributed by atoms with van der Waals surface area (Å²) in [4.78, 5) is 16.0. The van der Waals surface area contributed by atoms with E-state index in [4.69, 9.17) is 9.84 Å². The fourth-order valence-corrected chi connectivity index (χ4v) is 3.11. The number of carbonyl (C=O) groups excluding carboxylic acids is 1. The summed E-state index contributed by atoms with van der Waals surface area (Å²) in [5.41, 5.74) is 2.28. The van der Waals surface area contributed by atoms with E-state index in [2.05, 4.69) is 24.1 Å². The number of nitrogens with one attached hydrogen (secondary N) is 1. The summed E-state index contributed by atoms with van der Waals surface area (Å²) in [6.45, 7) is 10.1. The molecule has 0 saturated carbocycles. The Bertz CT molecular complexity index is 562. The molecule has 2 rings (SSSR count). The number of anilines is 1. The van der Waals surface area contributed by atoms with Gasteiger partial charge in [-0.1, -0.05) is 13.8 Å². The van der Waals surface area contributed by atoms with Crippen molar-refractivity contribution in [3.63, 3.8) is 0 Å². The van der Waals surface area contributed by atoms with Gasteiger partial charge in [0.05, 0.1) is 24.9 Å². The number of aromatic nitrogens is 2. The summed E-state index contributed by atoms with van der Waals surface area (Å²) in [6.07, 6.45) is 0. The van der Waals surface area contributed by atoms with Crippen molar-refractivity contribution in [1.82, 2.24) is 20.0 Å². The number of rotatable bonds is 6. The van der Waals surface area contributed by atoms with Crippen molar-refractivity contribution in [2.75, 3.05) is 45.3 Å². The van der Waals surface area contributed by atoms with Gasteiger partial charge in [-0.3, -0.25) is 9.48 Å². The summed E-state index contributed by atoms with van der Waals surface area (Å²) in [5.74, 6) is 1.56. The van der Waals surface area contributed by atoms with Gasteiger partial charge in [-0.05, 0) is 12.8 Å². The number of hydrogen-bond donors (Lipinski definition) is 1. The van der Waals surface area contributed by atoms with Gasteiger partial charge < -0.3 is 19.9 Å². The highest BCUT2D eigenvalue weighted by Gasteiger charge is 2.25. The maximum atomic E-state index is 12.1. The third kappa shape index (κ3) is 4.08. The molecule has 1 N–H and O–H groups in total. The minimum absolute atomic E-state index is 0.0814. The van der Waals surface area contributed by atoms with Crippen LogP contribution < -0.4 is 10.2 Å². The van der Waals surface area contributed by atoms with Gasteiger partial charge >= 0.3 is 0 Å². The zero-order chi connectivity index (χ0) is 17.9. The Morgan fingerprint density at radius 1 is 1.29 bits per heavy atom. The quantitative estimate of drug-likeness (QED) is 0.837. The molecule has 0 spiro atoms. The van der Waals surface area contributed by atoms with Crippen molar-refractivity contribution in [2.24, 2.45) is 7.05 Å². The van der Waals surface area contributed by atoms with E-state index in [9.17, 15) is 4.79 Å². The van der Waals surface area contributed by atoms with Crippen LogP contribution in [0.5, 0.6) is 0 Å². The lowest BCUT2D eigenvalue weighted by molar-refractivity contribution is -0.130. The number of nitrogens with zero attached hydrogens (tertiary/aromatic N) is 4. The van der Waals surface area contributed by atoms with Crippen LogP contribution in [0, 0.1) is 0 Å². The first-order valence-electron chi connectivity index (χ1n) is 8.66. The average Bonchev–Trinajstić information content (AvgIpc) is 2.89. The highest BCUT2D eigenvalue weighted by atomic mass is 16.5. The minimum Gasteiger partial charge on any atom is -0.378 e. The molecule has 1 amide bonds. The van der Waals surface area contributed by atoms with Crippen LogP contribution in [0.15, 0.2) is 0 Å². The Hall–Kier alpha value is -1.60. The fourth-order valence-electron chi connectivity index (χ4n) is 3.11. The van der Waals surface area contributed by atoms with Gasteiger partial charge in [0.2, 0.25) is 5.91 Å². The summed E-state index contributed by atoms with van der Waals surface area (Å²) in [6, 6.07) is -0.224. The first-order valence-corrected chi connectivity index (χ1v) is 8.66. The molecule has 1 aliphatic rings. The molecular formula is C17H31N5O2. The van der Waals surface area contributed by atoms with E-state index in [1.165, 1.54) is 5.56 Å². The molecule has 2 heterocycles. The Balaban J connectivity index is 2.23. The van der Waals surface area contributed by atoms with E-state index in [-0.39, 0.29) is 11.9 Å². The monoisotopic (exact) mass is 337 g/mol. The van der Waals surface area contributed by atoms with E-state index in [0.717, 1.165) is 37.8 Å². The second-order valence-electron chi connectivity index (χ2n) is 6.90. The fraction of sp³-hybridized carbons (Fsp3) is 0.765. The molecule has 1 aromatic rings. The number of ether oxygens (including phenoxy) is 1. The van der Waals surface area contributed by atoms with Gasteiger partial charge in [0.15, 0.2) is 0 Å². The average molecular weight is 337 g/mol. The largest absolute Gasteiger partial charge is 0.378 e. The number of amides is 1. The molecule has 24 heavy (non-hydrogen) atoms. The Morgan fingerprint density at radius 2 is 1.92 bits per heavy atom. The van der Waals surface area contributed by atoms with Crippen LogP contribution in [-0.2, 0) is 23.1 Å². The molecule has 1 saturated heterocycles. The van der Waals surface area contributed by atoms with Gasteiger partial charge in [-0.25, -0.2) is 0 Å². The Kier molecular flexibility index (Phi) is 6.23. The first-order chi connectivity index (χ1) is 11.3. The number of aryl methyl sites for hydroxylation is 1. The summed E-state index contributed by atoms with van der Waals surface area (Å²) in [5, 5.41) is 8.11. The molecule has 1 aliphatic heterocycles. The number of carbonyl (C=O) groups is 1. The highest BCUT2D eigenvalue weighted by molar-refractivity contribution is 5.80. The van der Waals surface area contributed by atoms with Gasteiger partial charge in [-0.15, -0.1) is 0 Å².